The number of hydrogen-bond acceptors (Lipinski definition) is 3. The van der Waals surface area contributed by atoms with Gasteiger partial charge in [-0.3, -0.25) is 4.98 Å². The number of nitrogens with one attached hydrogen (secondary N) is 1. The van der Waals surface area contributed by atoms with Gasteiger partial charge in [0, 0.05) is 18.0 Å². The van der Waals surface area contributed by atoms with Crippen LogP contribution in [-0.4, -0.2) is 11.5 Å². The maximum atomic E-state index is 5.81. The van der Waals surface area contributed by atoms with Gasteiger partial charge in [0.1, 0.15) is 11.5 Å². The number of pyridine rings is 1. The zero-order valence-electron chi connectivity index (χ0n) is 10.4. The van der Waals surface area contributed by atoms with E-state index < -0.39 is 0 Å². The van der Waals surface area contributed by atoms with E-state index in [1.54, 1.807) is 6.20 Å². The molecule has 2 rings (SSSR count). The molecule has 0 fully saturated rings. The van der Waals surface area contributed by atoms with Crippen molar-refractivity contribution in [1.29, 1.82) is 0 Å². The fraction of sp³-hybridized carbons (Fsp3) is 0.357. The number of furan rings is 1. The molecular formula is C14H18N2O. The van der Waals surface area contributed by atoms with Crippen LogP contribution in [0.2, 0.25) is 0 Å². The van der Waals surface area contributed by atoms with E-state index in [2.05, 4.69) is 17.2 Å². The summed E-state index contributed by atoms with van der Waals surface area (Å²) < 4.78 is 5.81. The molecular weight excluding hydrogens is 212 g/mol. The van der Waals surface area contributed by atoms with Crippen molar-refractivity contribution < 1.29 is 4.42 Å². The normalized spacial score (nSPS) is 10.7. The first-order valence-corrected chi connectivity index (χ1v) is 6.01. The van der Waals surface area contributed by atoms with Gasteiger partial charge in [-0.15, -0.1) is 0 Å². The van der Waals surface area contributed by atoms with Crippen molar-refractivity contribution in [3.63, 3.8) is 0 Å². The third kappa shape index (κ3) is 2.94. The van der Waals surface area contributed by atoms with Crippen LogP contribution in [0.15, 0.2) is 35.0 Å². The van der Waals surface area contributed by atoms with Gasteiger partial charge in [0.05, 0.1) is 6.54 Å². The van der Waals surface area contributed by atoms with Gasteiger partial charge in [-0.1, -0.05) is 6.92 Å². The lowest BCUT2D eigenvalue weighted by molar-refractivity contribution is 0.493. The fourth-order valence-corrected chi connectivity index (χ4v) is 1.76. The summed E-state index contributed by atoms with van der Waals surface area (Å²) in [5, 5.41) is 3.32. The average Bonchev–Trinajstić information content (AvgIpc) is 2.79. The monoisotopic (exact) mass is 230 g/mol. The molecule has 90 valence electrons. The summed E-state index contributed by atoms with van der Waals surface area (Å²) >= 11 is 0. The van der Waals surface area contributed by atoms with E-state index in [9.17, 15) is 0 Å². The van der Waals surface area contributed by atoms with Gasteiger partial charge in [0.15, 0.2) is 0 Å². The number of rotatable bonds is 5. The van der Waals surface area contributed by atoms with Crippen molar-refractivity contribution in [3.8, 4) is 11.3 Å². The summed E-state index contributed by atoms with van der Waals surface area (Å²) in [4.78, 5) is 4.08. The molecule has 0 saturated heterocycles. The molecule has 2 aromatic heterocycles. The molecule has 17 heavy (non-hydrogen) atoms. The Morgan fingerprint density at radius 1 is 1.29 bits per heavy atom. The van der Waals surface area contributed by atoms with E-state index in [0.29, 0.717) is 0 Å². The minimum Gasteiger partial charge on any atom is -0.460 e. The fourth-order valence-electron chi connectivity index (χ4n) is 1.76. The summed E-state index contributed by atoms with van der Waals surface area (Å²) in [7, 11) is 0. The van der Waals surface area contributed by atoms with Gasteiger partial charge in [0.2, 0.25) is 0 Å². The topological polar surface area (TPSA) is 38.1 Å². The molecule has 1 N–H and O–H groups in total. The molecule has 0 aliphatic heterocycles. The molecule has 3 heteroatoms. The van der Waals surface area contributed by atoms with Gasteiger partial charge in [-0.05, 0) is 43.7 Å². The molecule has 0 unspecified atom stereocenters. The molecule has 2 heterocycles. The van der Waals surface area contributed by atoms with Gasteiger partial charge >= 0.3 is 0 Å². The Labute approximate surface area is 102 Å². The van der Waals surface area contributed by atoms with Crippen molar-refractivity contribution in [1.82, 2.24) is 10.3 Å². The number of aromatic nitrogens is 1. The lowest BCUT2D eigenvalue weighted by Crippen LogP contribution is -2.12. The molecule has 0 radical (unpaired) electrons. The van der Waals surface area contributed by atoms with Crippen LogP contribution in [0.5, 0.6) is 0 Å². The standard InChI is InChI=1S/C14H18N2O/c1-3-7-15-10-12-4-5-14(17-12)13-6-8-16-9-11(13)2/h4-6,8-9,15H,3,7,10H2,1-2H3. The SMILES string of the molecule is CCCNCc1ccc(-c2ccncc2C)o1. The molecule has 0 aromatic carbocycles. The van der Waals surface area contributed by atoms with Crippen LogP contribution in [0, 0.1) is 6.92 Å². The summed E-state index contributed by atoms with van der Waals surface area (Å²) in [6.45, 7) is 6.00. The lowest BCUT2D eigenvalue weighted by Gasteiger charge is -2.01. The summed E-state index contributed by atoms with van der Waals surface area (Å²) in [6.07, 6.45) is 4.78. The number of hydrogen-bond donors (Lipinski definition) is 1. The second-order valence-electron chi connectivity index (χ2n) is 4.13. The first-order valence-electron chi connectivity index (χ1n) is 6.01. The van der Waals surface area contributed by atoms with Crippen LogP contribution < -0.4 is 5.32 Å². The predicted molar refractivity (Wildman–Crippen MR) is 68.7 cm³/mol. The van der Waals surface area contributed by atoms with Gasteiger partial charge in [0.25, 0.3) is 0 Å². The van der Waals surface area contributed by atoms with E-state index in [4.69, 9.17) is 4.42 Å². The Morgan fingerprint density at radius 2 is 2.18 bits per heavy atom. The zero-order valence-corrected chi connectivity index (χ0v) is 10.4. The van der Waals surface area contributed by atoms with Crippen LogP contribution in [0.25, 0.3) is 11.3 Å². The quantitative estimate of drug-likeness (QED) is 0.802. The van der Waals surface area contributed by atoms with Crippen molar-refractivity contribution in [2.45, 2.75) is 26.8 Å². The second kappa shape index (κ2) is 5.64. The molecule has 0 aliphatic carbocycles. The Hall–Kier alpha value is -1.61. The molecule has 0 saturated carbocycles. The van der Waals surface area contributed by atoms with Crippen LogP contribution in [0.1, 0.15) is 24.7 Å². The molecule has 0 bridgehead atoms. The van der Waals surface area contributed by atoms with Crippen molar-refractivity contribution >= 4 is 0 Å². The second-order valence-corrected chi connectivity index (χ2v) is 4.13. The minimum atomic E-state index is 0.790. The number of nitrogens with zero attached hydrogens (tertiary/aromatic N) is 1. The van der Waals surface area contributed by atoms with Gasteiger partial charge in [-0.2, -0.15) is 0 Å². The molecule has 0 spiro atoms. The van der Waals surface area contributed by atoms with E-state index in [-0.39, 0.29) is 0 Å². The van der Waals surface area contributed by atoms with Crippen molar-refractivity contribution in [2.24, 2.45) is 0 Å². The average molecular weight is 230 g/mol. The third-order valence-corrected chi connectivity index (χ3v) is 2.67. The third-order valence-electron chi connectivity index (χ3n) is 2.67. The summed E-state index contributed by atoms with van der Waals surface area (Å²) in [6, 6.07) is 6.03. The van der Waals surface area contributed by atoms with Crippen LogP contribution in [0.4, 0.5) is 0 Å². The molecule has 2 aromatic rings. The molecule has 3 nitrogen and oxygen atoms in total. The highest BCUT2D eigenvalue weighted by Crippen LogP contribution is 2.24. The Balaban J connectivity index is 2.10. The van der Waals surface area contributed by atoms with E-state index in [1.165, 1.54) is 0 Å². The largest absolute Gasteiger partial charge is 0.460 e. The summed E-state index contributed by atoms with van der Waals surface area (Å²) in [5.74, 6) is 1.89. The van der Waals surface area contributed by atoms with Crippen molar-refractivity contribution in [3.05, 3.63) is 41.9 Å². The number of aryl methyl sites for hydroxylation is 1. The Morgan fingerprint density at radius 3 is 2.94 bits per heavy atom. The highest BCUT2D eigenvalue weighted by Gasteiger charge is 2.06. The molecule has 0 atom stereocenters. The van der Waals surface area contributed by atoms with Crippen LogP contribution in [0.3, 0.4) is 0 Å². The van der Waals surface area contributed by atoms with Gasteiger partial charge in [-0.25, -0.2) is 0 Å². The molecule has 0 aliphatic rings. The first-order chi connectivity index (χ1) is 8.31. The zero-order chi connectivity index (χ0) is 12.1. The van der Waals surface area contributed by atoms with Crippen molar-refractivity contribution in [2.75, 3.05) is 6.54 Å². The van der Waals surface area contributed by atoms with E-state index in [1.807, 2.05) is 31.3 Å². The van der Waals surface area contributed by atoms with E-state index >= 15 is 0 Å². The maximum Gasteiger partial charge on any atom is 0.134 e. The predicted octanol–water partition coefficient (Wildman–Crippen LogP) is 3.15. The lowest BCUT2D eigenvalue weighted by atomic mass is 10.1. The maximum absolute atomic E-state index is 5.81. The Bertz CT molecular complexity index is 477. The first kappa shape index (κ1) is 11.9. The minimum absolute atomic E-state index is 0.790. The highest BCUT2D eigenvalue weighted by atomic mass is 16.3. The Kier molecular flexibility index (Phi) is 3.94. The summed E-state index contributed by atoms with van der Waals surface area (Å²) in [5.41, 5.74) is 2.25. The van der Waals surface area contributed by atoms with E-state index in [0.717, 1.165) is 42.2 Å². The van der Waals surface area contributed by atoms with Crippen LogP contribution in [-0.2, 0) is 6.54 Å². The highest BCUT2D eigenvalue weighted by molar-refractivity contribution is 5.60. The van der Waals surface area contributed by atoms with Crippen LogP contribution >= 0.6 is 0 Å². The molecule has 0 amide bonds. The van der Waals surface area contributed by atoms with Gasteiger partial charge < -0.3 is 9.73 Å². The smallest absolute Gasteiger partial charge is 0.134 e.